The molecule has 108 valence electrons. The number of nitrogens with zero attached hydrogens (tertiary/aromatic N) is 2. The van der Waals surface area contributed by atoms with Gasteiger partial charge in [0, 0.05) is 25.7 Å². The topological polar surface area (TPSA) is 84.7 Å². The Morgan fingerprint density at radius 3 is 2.90 bits per heavy atom. The minimum atomic E-state index is -0.572. The lowest BCUT2D eigenvalue weighted by atomic mass is 10.1. The lowest BCUT2D eigenvalue weighted by molar-refractivity contribution is -0.384. The van der Waals surface area contributed by atoms with Gasteiger partial charge >= 0.3 is 5.97 Å². The van der Waals surface area contributed by atoms with Gasteiger partial charge in [-0.2, -0.15) is 0 Å². The molecule has 1 aromatic rings. The Balaban J connectivity index is 2.36. The monoisotopic (exact) mass is 279 g/mol. The fourth-order valence-electron chi connectivity index (χ4n) is 2.27. The van der Waals surface area contributed by atoms with Crippen LogP contribution in [-0.2, 0) is 4.74 Å². The molecule has 2 rings (SSSR count). The molecular formula is C13H17N3O4. The van der Waals surface area contributed by atoms with Crippen LogP contribution in [0.25, 0.3) is 0 Å². The summed E-state index contributed by atoms with van der Waals surface area (Å²) in [5, 5.41) is 14.5. The van der Waals surface area contributed by atoms with E-state index < -0.39 is 10.9 Å². The Hall–Kier alpha value is -2.15. The van der Waals surface area contributed by atoms with Crippen LogP contribution in [0.1, 0.15) is 16.8 Å². The van der Waals surface area contributed by atoms with Crippen molar-refractivity contribution in [2.75, 3.05) is 38.2 Å². The molecule has 7 heteroatoms. The first-order valence-corrected chi connectivity index (χ1v) is 6.46. The molecule has 0 spiro atoms. The lowest BCUT2D eigenvalue weighted by Crippen LogP contribution is -2.28. The van der Waals surface area contributed by atoms with E-state index in [0.29, 0.717) is 12.2 Å². The van der Waals surface area contributed by atoms with Crippen LogP contribution in [0.2, 0.25) is 0 Å². The van der Waals surface area contributed by atoms with Crippen molar-refractivity contribution in [1.29, 1.82) is 0 Å². The third-order valence-corrected chi connectivity index (χ3v) is 3.27. The number of esters is 1. The predicted octanol–water partition coefficient (Wildman–Crippen LogP) is 1.18. The number of anilines is 1. The maximum absolute atomic E-state index is 11.5. The second-order valence-electron chi connectivity index (χ2n) is 4.54. The first kappa shape index (κ1) is 14.3. The SMILES string of the molecule is COC(=O)c1ccc(N2CCCNCC2)c([N+](=O)[O-])c1. The molecule has 0 aromatic heterocycles. The largest absolute Gasteiger partial charge is 0.465 e. The molecule has 1 heterocycles. The molecule has 0 amide bonds. The van der Waals surface area contributed by atoms with E-state index >= 15 is 0 Å². The van der Waals surface area contributed by atoms with Crippen molar-refractivity contribution in [3.63, 3.8) is 0 Å². The highest BCUT2D eigenvalue weighted by Crippen LogP contribution is 2.29. The van der Waals surface area contributed by atoms with Gasteiger partial charge in [0.05, 0.1) is 17.6 Å². The van der Waals surface area contributed by atoms with Crippen molar-refractivity contribution >= 4 is 17.3 Å². The molecule has 0 saturated carbocycles. The van der Waals surface area contributed by atoms with E-state index in [0.717, 1.165) is 26.1 Å². The first-order valence-electron chi connectivity index (χ1n) is 6.46. The molecule has 1 aliphatic heterocycles. The second kappa shape index (κ2) is 6.33. The number of hydrogen-bond acceptors (Lipinski definition) is 6. The molecule has 0 aliphatic carbocycles. The summed E-state index contributed by atoms with van der Waals surface area (Å²) < 4.78 is 4.59. The molecule has 20 heavy (non-hydrogen) atoms. The number of carbonyl (C=O) groups is 1. The zero-order valence-corrected chi connectivity index (χ0v) is 11.3. The van der Waals surface area contributed by atoms with E-state index in [4.69, 9.17) is 0 Å². The standard InChI is InChI=1S/C13H17N3O4/c1-20-13(17)10-3-4-11(12(9-10)16(18)19)15-7-2-5-14-6-8-15/h3-4,9,14H,2,5-8H2,1H3. The summed E-state index contributed by atoms with van der Waals surface area (Å²) in [6.45, 7) is 3.16. The number of ether oxygens (including phenoxy) is 1. The van der Waals surface area contributed by atoms with Crippen LogP contribution in [0.4, 0.5) is 11.4 Å². The number of nitro groups is 1. The third kappa shape index (κ3) is 3.05. The Morgan fingerprint density at radius 1 is 1.40 bits per heavy atom. The van der Waals surface area contributed by atoms with Crippen LogP contribution >= 0.6 is 0 Å². The number of nitro benzene ring substituents is 1. The molecule has 7 nitrogen and oxygen atoms in total. The average molecular weight is 279 g/mol. The number of hydrogen-bond donors (Lipinski definition) is 1. The third-order valence-electron chi connectivity index (χ3n) is 3.27. The quantitative estimate of drug-likeness (QED) is 0.508. The number of benzene rings is 1. The van der Waals surface area contributed by atoms with E-state index in [1.165, 1.54) is 13.2 Å². The Kier molecular flexibility index (Phi) is 4.52. The Morgan fingerprint density at radius 2 is 2.20 bits per heavy atom. The van der Waals surface area contributed by atoms with Gasteiger partial charge in [0.15, 0.2) is 0 Å². The molecule has 1 aromatic carbocycles. The van der Waals surface area contributed by atoms with Crippen LogP contribution in [0.3, 0.4) is 0 Å². The van der Waals surface area contributed by atoms with Crippen molar-refractivity contribution in [1.82, 2.24) is 5.32 Å². The van der Waals surface area contributed by atoms with Crippen LogP contribution in [0, 0.1) is 10.1 Å². The van der Waals surface area contributed by atoms with Crippen molar-refractivity contribution in [2.24, 2.45) is 0 Å². The van der Waals surface area contributed by atoms with E-state index in [1.54, 1.807) is 12.1 Å². The fraction of sp³-hybridized carbons (Fsp3) is 0.462. The Labute approximate surface area is 116 Å². The summed E-state index contributed by atoms with van der Waals surface area (Å²) >= 11 is 0. The molecule has 1 N–H and O–H groups in total. The lowest BCUT2D eigenvalue weighted by Gasteiger charge is -2.22. The van der Waals surface area contributed by atoms with E-state index in [2.05, 4.69) is 10.1 Å². The maximum Gasteiger partial charge on any atom is 0.338 e. The predicted molar refractivity (Wildman–Crippen MR) is 74.1 cm³/mol. The number of carbonyl (C=O) groups excluding carboxylic acids is 1. The van der Waals surface area contributed by atoms with Crippen LogP contribution in [0.5, 0.6) is 0 Å². The number of methoxy groups -OCH3 is 1. The molecule has 1 aliphatic rings. The van der Waals surface area contributed by atoms with Gasteiger partial charge in [0.25, 0.3) is 5.69 Å². The smallest absolute Gasteiger partial charge is 0.338 e. The minimum absolute atomic E-state index is 0.0604. The number of rotatable bonds is 3. The van der Waals surface area contributed by atoms with E-state index in [-0.39, 0.29) is 11.3 Å². The zero-order chi connectivity index (χ0) is 14.5. The summed E-state index contributed by atoms with van der Waals surface area (Å²) in [7, 11) is 1.25. The van der Waals surface area contributed by atoms with E-state index in [1.807, 2.05) is 4.90 Å². The fourth-order valence-corrected chi connectivity index (χ4v) is 2.27. The summed E-state index contributed by atoms with van der Waals surface area (Å²) in [6.07, 6.45) is 0.926. The highest BCUT2D eigenvalue weighted by molar-refractivity contribution is 5.91. The highest BCUT2D eigenvalue weighted by atomic mass is 16.6. The minimum Gasteiger partial charge on any atom is -0.465 e. The van der Waals surface area contributed by atoms with Gasteiger partial charge < -0.3 is 15.0 Å². The Bertz CT molecular complexity index is 510. The summed E-state index contributed by atoms with van der Waals surface area (Å²) in [4.78, 5) is 24.2. The molecule has 0 atom stereocenters. The van der Waals surface area contributed by atoms with Crippen molar-refractivity contribution in [2.45, 2.75) is 6.42 Å². The summed E-state index contributed by atoms with van der Waals surface area (Å²) in [5.41, 5.74) is 0.678. The van der Waals surface area contributed by atoms with Crippen molar-refractivity contribution in [3.05, 3.63) is 33.9 Å². The van der Waals surface area contributed by atoms with Gasteiger partial charge in [-0.1, -0.05) is 0 Å². The van der Waals surface area contributed by atoms with Gasteiger partial charge in [-0.05, 0) is 25.1 Å². The van der Waals surface area contributed by atoms with Gasteiger partial charge in [0.2, 0.25) is 0 Å². The first-order chi connectivity index (χ1) is 9.63. The van der Waals surface area contributed by atoms with Crippen molar-refractivity contribution < 1.29 is 14.5 Å². The molecule has 1 fully saturated rings. The van der Waals surface area contributed by atoms with Gasteiger partial charge in [-0.25, -0.2) is 4.79 Å². The molecular weight excluding hydrogens is 262 g/mol. The van der Waals surface area contributed by atoms with Gasteiger partial charge in [-0.3, -0.25) is 10.1 Å². The molecule has 0 unspecified atom stereocenters. The summed E-state index contributed by atoms with van der Waals surface area (Å²) in [5.74, 6) is -0.572. The molecule has 1 saturated heterocycles. The summed E-state index contributed by atoms with van der Waals surface area (Å²) in [6, 6.07) is 4.46. The normalized spacial score (nSPS) is 15.6. The zero-order valence-electron chi connectivity index (χ0n) is 11.3. The van der Waals surface area contributed by atoms with Gasteiger partial charge in [0.1, 0.15) is 5.69 Å². The second-order valence-corrected chi connectivity index (χ2v) is 4.54. The van der Waals surface area contributed by atoms with E-state index in [9.17, 15) is 14.9 Å². The molecule has 0 radical (unpaired) electrons. The number of nitrogens with one attached hydrogen (secondary N) is 1. The van der Waals surface area contributed by atoms with Crippen LogP contribution in [0.15, 0.2) is 18.2 Å². The van der Waals surface area contributed by atoms with Gasteiger partial charge in [-0.15, -0.1) is 0 Å². The van der Waals surface area contributed by atoms with Crippen LogP contribution < -0.4 is 10.2 Å². The molecule has 0 bridgehead atoms. The van der Waals surface area contributed by atoms with Crippen molar-refractivity contribution in [3.8, 4) is 0 Å². The highest BCUT2D eigenvalue weighted by Gasteiger charge is 2.22. The average Bonchev–Trinajstić information content (AvgIpc) is 2.74. The van der Waals surface area contributed by atoms with Crippen LogP contribution in [-0.4, -0.2) is 44.2 Å². The maximum atomic E-state index is 11.5.